The van der Waals surface area contributed by atoms with Gasteiger partial charge >= 0.3 is 0 Å². The molecular formula is C12H24O3. The van der Waals surface area contributed by atoms with Crippen LogP contribution in [0.5, 0.6) is 0 Å². The summed E-state index contributed by atoms with van der Waals surface area (Å²) in [4.78, 5) is 0. The number of hydrogen-bond acceptors (Lipinski definition) is 3. The van der Waals surface area contributed by atoms with Crippen LogP contribution in [0.2, 0.25) is 0 Å². The number of aliphatic hydroxyl groups excluding tert-OH is 2. The molecule has 3 nitrogen and oxygen atoms in total. The van der Waals surface area contributed by atoms with Crippen molar-refractivity contribution in [2.24, 2.45) is 0 Å². The molecule has 0 rings (SSSR count). The largest absolute Gasteiger partial charge is 0.394 e. The zero-order valence-electron chi connectivity index (χ0n) is 9.69. The van der Waals surface area contributed by atoms with Crippen LogP contribution in [0.15, 0.2) is 12.2 Å². The molecule has 0 aromatic rings. The maximum atomic E-state index is 8.98. The van der Waals surface area contributed by atoms with Crippen LogP contribution in [0.25, 0.3) is 0 Å². The number of unbranched alkanes of at least 4 members (excludes halogenated alkanes) is 4. The molecule has 0 radical (unpaired) electrons. The smallest absolute Gasteiger partial charge is 0.100 e. The number of aliphatic hydroxyl groups is 2. The number of rotatable bonds is 10. The average Bonchev–Trinajstić information content (AvgIpc) is 2.26. The Morgan fingerprint density at radius 2 is 1.93 bits per heavy atom. The topological polar surface area (TPSA) is 49.7 Å². The van der Waals surface area contributed by atoms with Crippen molar-refractivity contribution in [1.82, 2.24) is 0 Å². The van der Waals surface area contributed by atoms with Crippen molar-refractivity contribution in [2.45, 2.75) is 45.1 Å². The molecule has 2 N–H and O–H groups in total. The summed E-state index contributed by atoms with van der Waals surface area (Å²) in [6.07, 6.45) is 9.40. The molecule has 1 unspecified atom stereocenters. The van der Waals surface area contributed by atoms with Crippen LogP contribution < -0.4 is 0 Å². The van der Waals surface area contributed by atoms with Crippen LogP contribution in [-0.4, -0.2) is 36.1 Å². The normalized spacial score (nSPS) is 13.5. The Hall–Kier alpha value is -0.380. The summed E-state index contributed by atoms with van der Waals surface area (Å²) in [6.45, 7) is 2.75. The van der Waals surface area contributed by atoms with E-state index in [1.165, 1.54) is 25.7 Å². The minimum Gasteiger partial charge on any atom is -0.394 e. The van der Waals surface area contributed by atoms with Gasteiger partial charge in [0.2, 0.25) is 0 Å². The quantitative estimate of drug-likeness (QED) is 0.433. The van der Waals surface area contributed by atoms with E-state index in [9.17, 15) is 0 Å². The molecular weight excluding hydrogens is 192 g/mol. The molecule has 15 heavy (non-hydrogen) atoms. The van der Waals surface area contributed by atoms with Gasteiger partial charge in [-0.05, 0) is 26.2 Å². The van der Waals surface area contributed by atoms with Crippen molar-refractivity contribution in [3.05, 3.63) is 12.2 Å². The highest BCUT2D eigenvalue weighted by Gasteiger charge is 2.00. The van der Waals surface area contributed by atoms with Gasteiger partial charge in [-0.2, -0.15) is 0 Å². The van der Waals surface area contributed by atoms with Crippen molar-refractivity contribution in [3.8, 4) is 0 Å². The van der Waals surface area contributed by atoms with Crippen LogP contribution in [0, 0.1) is 0 Å². The molecule has 3 heteroatoms. The Bertz CT molecular complexity index is 146. The van der Waals surface area contributed by atoms with Crippen molar-refractivity contribution >= 4 is 0 Å². The highest BCUT2D eigenvalue weighted by molar-refractivity contribution is 4.76. The van der Waals surface area contributed by atoms with Crippen LogP contribution in [0.1, 0.15) is 39.0 Å². The third-order valence-corrected chi connectivity index (χ3v) is 2.17. The SMILES string of the molecule is C/C=C/CCCCCCOCC(O)CO. The summed E-state index contributed by atoms with van der Waals surface area (Å²) < 4.78 is 5.19. The van der Waals surface area contributed by atoms with Gasteiger partial charge in [-0.1, -0.05) is 25.0 Å². The fourth-order valence-electron chi connectivity index (χ4n) is 1.26. The fraction of sp³-hybridized carbons (Fsp3) is 0.833. The van der Waals surface area contributed by atoms with Crippen molar-refractivity contribution in [2.75, 3.05) is 19.8 Å². The van der Waals surface area contributed by atoms with Gasteiger partial charge in [-0.3, -0.25) is 0 Å². The van der Waals surface area contributed by atoms with E-state index in [1.807, 2.05) is 6.92 Å². The van der Waals surface area contributed by atoms with E-state index in [4.69, 9.17) is 14.9 Å². The molecule has 0 fully saturated rings. The Morgan fingerprint density at radius 3 is 2.60 bits per heavy atom. The molecule has 0 bridgehead atoms. The highest BCUT2D eigenvalue weighted by Crippen LogP contribution is 2.03. The number of allylic oxidation sites excluding steroid dienone is 2. The lowest BCUT2D eigenvalue weighted by molar-refractivity contribution is 0.00526. The second-order valence-electron chi connectivity index (χ2n) is 3.68. The predicted molar refractivity (Wildman–Crippen MR) is 61.8 cm³/mol. The summed E-state index contributed by atoms with van der Waals surface area (Å²) in [5.74, 6) is 0. The fourth-order valence-corrected chi connectivity index (χ4v) is 1.26. The van der Waals surface area contributed by atoms with Gasteiger partial charge in [0.15, 0.2) is 0 Å². The van der Waals surface area contributed by atoms with E-state index in [2.05, 4.69) is 12.2 Å². The zero-order chi connectivity index (χ0) is 11.4. The summed E-state index contributed by atoms with van der Waals surface area (Å²) in [7, 11) is 0. The molecule has 0 amide bonds. The lowest BCUT2D eigenvalue weighted by Gasteiger charge is -2.07. The molecule has 0 aromatic carbocycles. The molecule has 0 aliphatic carbocycles. The first-order valence-corrected chi connectivity index (χ1v) is 5.79. The minimum absolute atomic E-state index is 0.219. The summed E-state index contributed by atoms with van der Waals surface area (Å²) in [6, 6.07) is 0. The maximum absolute atomic E-state index is 8.98. The van der Waals surface area contributed by atoms with Gasteiger partial charge in [0.1, 0.15) is 6.10 Å². The molecule has 0 saturated carbocycles. The molecule has 0 aliphatic rings. The number of ether oxygens (including phenoxy) is 1. The lowest BCUT2D eigenvalue weighted by atomic mass is 10.1. The highest BCUT2D eigenvalue weighted by atomic mass is 16.5. The molecule has 1 atom stereocenters. The van der Waals surface area contributed by atoms with E-state index in [1.54, 1.807) is 0 Å². The summed E-state index contributed by atoms with van der Waals surface area (Å²) >= 11 is 0. The standard InChI is InChI=1S/C12H24O3/c1-2-3-4-5-6-7-8-9-15-11-12(14)10-13/h2-3,12-14H,4-11H2,1H3/b3-2+. The third kappa shape index (κ3) is 11.5. The Balaban J connectivity index is 2.98. The van der Waals surface area contributed by atoms with Crippen LogP contribution in [-0.2, 0) is 4.74 Å². The van der Waals surface area contributed by atoms with Crippen LogP contribution >= 0.6 is 0 Å². The molecule has 0 aliphatic heterocycles. The zero-order valence-corrected chi connectivity index (χ0v) is 9.69. The number of hydrogen-bond donors (Lipinski definition) is 2. The third-order valence-electron chi connectivity index (χ3n) is 2.17. The van der Waals surface area contributed by atoms with Gasteiger partial charge in [-0.15, -0.1) is 0 Å². The Morgan fingerprint density at radius 1 is 1.20 bits per heavy atom. The molecule has 0 saturated heterocycles. The molecule has 0 aromatic heterocycles. The van der Waals surface area contributed by atoms with E-state index in [0.29, 0.717) is 6.61 Å². The minimum atomic E-state index is -0.723. The molecule has 0 heterocycles. The lowest BCUT2D eigenvalue weighted by Crippen LogP contribution is -2.19. The van der Waals surface area contributed by atoms with E-state index in [-0.39, 0.29) is 13.2 Å². The molecule has 0 spiro atoms. The first-order chi connectivity index (χ1) is 7.31. The average molecular weight is 216 g/mol. The second kappa shape index (κ2) is 11.7. The van der Waals surface area contributed by atoms with Gasteiger partial charge in [-0.25, -0.2) is 0 Å². The van der Waals surface area contributed by atoms with Crippen molar-refractivity contribution < 1.29 is 14.9 Å². The van der Waals surface area contributed by atoms with Crippen molar-refractivity contribution in [1.29, 1.82) is 0 Å². The van der Waals surface area contributed by atoms with Gasteiger partial charge in [0.05, 0.1) is 13.2 Å². The monoisotopic (exact) mass is 216 g/mol. The van der Waals surface area contributed by atoms with Gasteiger partial charge in [0, 0.05) is 6.61 Å². The summed E-state index contributed by atoms with van der Waals surface area (Å²) in [5.41, 5.74) is 0. The maximum Gasteiger partial charge on any atom is 0.100 e. The van der Waals surface area contributed by atoms with E-state index < -0.39 is 6.10 Å². The van der Waals surface area contributed by atoms with Crippen LogP contribution in [0.4, 0.5) is 0 Å². The molecule has 90 valence electrons. The summed E-state index contributed by atoms with van der Waals surface area (Å²) in [5, 5.41) is 17.5. The predicted octanol–water partition coefficient (Wildman–Crippen LogP) is 1.88. The Labute approximate surface area is 92.8 Å². The second-order valence-corrected chi connectivity index (χ2v) is 3.68. The van der Waals surface area contributed by atoms with E-state index in [0.717, 1.165) is 6.42 Å². The van der Waals surface area contributed by atoms with Gasteiger partial charge in [0.25, 0.3) is 0 Å². The Kier molecular flexibility index (Phi) is 11.4. The van der Waals surface area contributed by atoms with E-state index >= 15 is 0 Å². The first-order valence-electron chi connectivity index (χ1n) is 5.79. The first kappa shape index (κ1) is 14.6. The van der Waals surface area contributed by atoms with Crippen molar-refractivity contribution in [3.63, 3.8) is 0 Å². The van der Waals surface area contributed by atoms with Crippen LogP contribution in [0.3, 0.4) is 0 Å². The van der Waals surface area contributed by atoms with Gasteiger partial charge < -0.3 is 14.9 Å².